The maximum atomic E-state index is 12.8. The first-order valence-corrected chi connectivity index (χ1v) is 13.0. The van der Waals surface area contributed by atoms with Crippen LogP contribution < -0.4 is 10.6 Å². The minimum Gasteiger partial charge on any atom is -0.404 e. The molecule has 2 amide bonds. The van der Waals surface area contributed by atoms with Crippen molar-refractivity contribution in [1.29, 1.82) is 0 Å². The summed E-state index contributed by atoms with van der Waals surface area (Å²) in [6.45, 7) is 10.8. The van der Waals surface area contributed by atoms with Gasteiger partial charge in [0, 0.05) is 5.02 Å². The van der Waals surface area contributed by atoms with Crippen LogP contribution in [0.15, 0.2) is 12.1 Å². The fourth-order valence-electron chi connectivity index (χ4n) is 6.05. The SMILES string of the molecule is CC(C)C[C@H](NC(=O)CNC(=O)c1cc(Cl)cc(Cl)c1Cl)B1O[C@@H]2C[C@@H]3C[C@@H](C3(C)C)[C@]2(C)O1. The lowest BCUT2D eigenvalue weighted by Crippen LogP contribution is -2.65. The van der Waals surface area contributed by atoms with Crippen molar-refractivity contribution in [2.24, 2.45) is 23.2 Å². The molecule has 2 bridgehead atoms. The topological polar surface area (TPSA) is 76.7 Å². The Hall–Kier alpha value is -0.985. The van der Waals surface area contributed by atoms with Gasteiger partial charge in [-0.3, -0.25) is 9.59 Å². The van der Waals surface area contributed by atoms with Crippen molar-refractivity contribution < 1.29 is 18.9 Å². The number of carbonyl (C=O) groups excluding carboxylic acids is 2. The van der Waals surface area contributed by atoms with E-state index in [9.17, 15) is 9.59 Å². The van der Waals surface area contributed by atoms with Crippen LogP contribution >= 0.6 is 34.8 Å². The van der Waals surface area contributed by atoms with E-state index in [4.69, 9.17) is 44.1 Å². The third kappa shape index (κ3) is 4.71. The third-order valence-electron chi connectivity index (χ3n) is 8.02. The van der Waals surface area contributed by atoms with E-state index in [0.29, 0.717) is 24.2 Å². The largest absolute Gasteiger partial charge is 0.481 e. The van der Waals surface area contributed by atoms with E-state index in [1.165, 1.54) is 18.6 Å². The monoisotopic (exact) mass is 528 g/mol. The summed E-state index contributed by atoms with van der Waals surface area (Å²) >= 11 is 18.1. The Balaban J connectivity index is 1.39. The summed E-state index contributed by atoms with van der Waals surface area (Å²) in [6.07, 6.45) is 2.88. The molecule has 3 saturated carbocycles. The Bertz CT molecular complexity index is 991. The third-order valence-corrected chi connectivity index (χ3v) is 9.04. The summed E-state index contributed by atoms with van der Waals surface area (Å²) in [7, 11) is -0.520. The van der Waals surface area contributed by atoms with Gasteiger partial charge in [-0.05, 0) is 61.5 Å². The summed E-state index contributed by atoms with van der Waals surface area (Å²) in [5, 5.41) is 6.16. The molecule has 1 aliphatic heterocycles. The first kappa shape index (κ1) is 26.1. The minimum absolute atomic E-state index is 0.0373. The lowest BCUT2D eigenvalue weighted by atomic mass is 9.43. The van der Waals surface area contributed by atoms with E-state index in [0.717, 1.165) is 6.42 Å². The molecule has 0 radical (unpaired) electrons. The van der Waals surface area contributed by atoms with Gasteiger partial charge in [0.05, 0.1) is 39.8 Å². The molecule has 10 heteroatoms. The zero-order valence-electron chi connectivity index (χ0n) is 20.2. The summed E-state index contributed by atoms with van der Waals surface area (Å²) < 4.78 is 13.0. The van der Waals surface area contributed by atoms with Crippen molar-refractivity contribution in [3.8, 4) is 0 Å². The molecule has 5 atom stereocenters. The van der Waals surface area contributed by atoms with Crippen LogP contribution in [-0.4, -0.2) is 43.1 Å². The number of hydrogen-bond acceptors (Lipinski definition) is 4. The quantitative estimate of drug-likeness (QED) is 0.377. The molecule has 0 aromatic heterocycles. The molecule has 0 unspecified atom stereocenters. The second-order valence-electron chi connectivity index (χ2n) is 11.1. The van der Waals surface area contributed by atoms with E-state index in [-0.39, 0.29) is 56.1 Å². The van der Waals surface area contributed by atoms with E-state index < -0.39 is 13.0 Å². The number of rotatable bonds is 7. The van der Waals surface area contributed by atoms with Gasteiger partial charge >= 0.3 is 7.12 Å². The predicted octanol–water partition coefficient (Wildman–Crippen LogP) is 5.18. The highest BCUT2D eigenvalue weighted by molar-refractivity contribution is 6.48. The van der Waals surface area contributed by atoms with Gasteiger partial charge in [0.15, 0.2) is 0 Å². The average molecular weight is 530 g/mol. The number of benzene rings is 1. The molecule has 34 heavy (non-hydrogen) atoms. The minimum atomic E-state index is -0.529. The van der Waals surface area contributed by atoms with Crippen LogP contribution in [0.1, 0.15) is 64.2 Å². The van der Waals surface area contributed by atoms with Crippen molar-refractivity contribution in [3.05, 3.63) is 32.8 Å². The lowest BCUT2D eigenvalue weighted by Gasteiger charge is -2.64. The maximum absolute atomic E-state index is 12.8. The molecule has 4 aliphatic rings. The van der Waals surface area contributed by atoms with Gasteiger partial charge in [-0.15, -0.1) is 0 Å². The van der Waals surface area contributed by atoms with Crippen LogP contribution in [0.2, 0.25) is 15.1 Å². The van der Waals surface area contributed by atoms with Crippen LogP contribution in [0.3, 0.4) is 0 Å². The van der Waals surface area contributed by atoms with Crippen LogP contribution in [0.5, 0.6) is 0 Å². The Kier molecular flexibility index (Phi) is 7.27. The molecule has 1 heterocycles. The maximum Gasteiger partial charge on any atom is 0.481 e. The van der Waals surface area contributed by atoms with Crippen LogP contribution in [0.25, 0.3) is 0 Å². The smallest absolute Gasteiger partial charge is 0.404 e. The van der Waals surface area contributed by atoms with Gasteiger partial charge < -0.3 is 19.9 Å². The second kappa shape index (κ2) is 9.47. The molecule has 4 fully saturated rings. The van der Waals surface area contributed by atoms with Gasteiger partial charge in [0.1, 0.15) is 0 Å². The normalized spacial score (nSPS) is 29.9. The number of carbonyl (C=O) groups is 2. The van der Waals surface area contributed by atoms with Gasteiger partial charge in [0.25, 0.3) is 5.91 Å². The summed E-state index contributed by atoms with van der Waals surface area (Å²) in [5.74, 6) is 0.228. The predicted molar refractivity (Wildman–Crippen MR) is 135 cm³/mol. The molecule has 0 spiro atoms. The highest BCUT2D eigenvalue weighted by atomic mass is 35.5. The zero-order chi connectivity index (χ0) is 25.0. The van der Waals surface area contributed by atoms with E-state index in [1.54, 1.807) is 0 Å². The first-order chi connectivity index (χ1) is 15.8. The molecule has 1 aromatic carbocycles. The highest BCUT2D eigenvalue weighted by Crippen LogP contribution is 2.65. The van der Waals surface area contributed by atoms with E-state index >= 15 is 0 Å². The zero-order valence-corrected chi connectivity index (χ0v) is 22.5. The van der Waals surface area contributed by atoms with Gasteiger partial charge in [-0.2, -0.15) is 0 Å². The molecule has 1 saturated heterocycles. The highest BCUT2D eigenvalue weighted by Gasteiger charge is 2.68. The fraction of sp³-hybridized carbons (Fsp3) is 0.667. The molecule has 186 valence electrons. The molecular formula is C24H32BCl3N2O4. The molecule has 6 nitrogen and oxygen atoms in total. The van der Waals surface area contributed by atoms with Crippen LogP contribution in [-0.2, 0) is 14.1 Å². The number of nitrogens with one attached hydrogen (secondary N) is 2. The van der Waals surface area contributed by atoms with Crippen molar-refractivity contribution in [3.63, 3.8) is 0 Å². The molecule has 5 rings (SSSR count). The standard InChI is InChI=1S/C24H32BCl3N2O4/c1-12(2)6-19(25-33-18-8-13-7-17(23(13,3)4)24(18,5)34-25)30-20(31)11-29-22(32)15-9-14(26)10-16(27)21(15)28/h9-10,12-13,17-19H,6-8,11H2,1-5H3,(H,29,32)(H,30,31)/t13-,17-,18+,19-,24-/m0/s1. The van der Waals surface area contributed by atoms with E-state index in [2.05, 4.69) is 45.3 Å². The van der Waals surface area contributed by atoms with E-state index in [1.807, 2.05) is 0 Å². The Morgan fingerprint density at radius 3 is 2.53 bits per heavy atom. The van der Waals surface area contributed by atoms with Crippen LogP contribution in [0, 0.1) is 23.2 Å². The van der Waals surface area contributed by atoms with Crippen molar-refractivity contribution in [2.75, 3.05) is 6.54 Å². The van der Waals surface area contributed by atoms with Crippen molar-refractivity contribution in [1.82, 2.24) is 10.6 Å². The molecule has 2 N–H and O–H groups in total. The first-order valence-electron chi connectivity index (χ1n) is 11.9. The van der Waals surface area contributed by atoms with Crippen LogP contribution in [0.4, 0.5) is 0 Å². The van der Waals surface area contributed by atoms with Gasteiger partial charge in [0.2, 0.25) is 5.91 Å². The Morgan fingerprint density at radius 1 is 1.18 bits per heavy atom. The van der Waals surface area contributed by atoms with Gasteiger partial charge in [-0.25, -0.2) is 0 Å². The Morgan fingerprint density at radius 2 is 1.88 bits per heavy atom. The number of halogens is 3. The van der Waals surface area contributed by atoms with Crippen molar-refractivity contribution in [2.45, 2.75) is 71.5 Å². The molecular weight excluding hydrogens is 497 g/mol. The fourth-order valence-corrected chi connectivity index (χ4v) is 6.74. The average Bonchev–Trinajstić information content (AvgIpc) is 3.10. The second-order valence-corrected chi connectivity index (χ2v) is 12.3. The lowest BCUT2D eigenvalue weighted by molar-refractivity contribution is -0.199. The Labute approximate surface area is 216 Å². The number of amides is 2. The summed E-state index contributed by atoms with van der Waals surface area (Å²) in [6, 6.07) is 2.87. The van der Waals surface area contributed by atoms with Gasteiger partial charge in [-0.1, -0.05) is 62.5 Å². The number of hydrogen-bond donors (Lipinski definition) is 2. The summed E-state index contributed by atoms with van der Waals surface area (Å²) in [5.41, 5.74) is 0.0150. The molecule has 1 aromatic rings. The summed E-state index contributed by atoms with van der Waals surface area (Å²) in [4.78, 5) is 25.4. The molecule has 3 aliphatic carbocycles. The van der Waals surface area contributed by atoms with Crippen molar-refractivity contribution >= 4 is 53.7 Å².